The van der Waals surface area contributed by atoms with Crippen LogP contribution >= 0.6 is 0 Å². The molecule has 1 aliphatic heterocycles. The Morgan fingerprint density at radius 2 is 2.00 bits per heavy atom. The molecule has 16 heavy (non-hydrogen) atoms. The average Bonchev–Trinajstić information content (AvgIpc) is 2.28. The van der Waals surface area contributed by atoms with E-state index in [-0.39, 0.29) is 11.9 Å². The molecule has 1 heterocycles. The van der Waals surface area contributed by atoms with Crippen molar-refractivity contribution in [2.75, 3.05) is 32.0 Å². The second-order valence-corrected chi connectivity index (χ2v) is 6.10. The maximum Gasteiger partial charge on any atom is 0.214 e. The summed E-state index contributed by atoms with van der Waals surface area (Å²) in [5.74, 6) is 0.169. The van der Waals surface area contributed by atoms with Crippen LogP contribution in [0.1, 0.15) is 26.2 Å². The van der Waals surface area contributed by atoms with Crippen LogP contribution < -0.4 is 5.73 Å². The van der Waals surface area contributed by atoms with Gasteiger partial charge in [0.25, 0.3) is 0 Å². The standard InChI is InChI=1S/C10H22N2O3S/c1-2-15-10-4-7-12(8-5-10)16(13,14)9-3-6-11/h10H,2-9,11H2,1H3. The third-order valence-corrected chi connectivity index (χ3v) is 4.76. The number of piperidine rings is 1. The van der Waals surface area contributed by atoms with E-state index in [1.807, 2.05) is 6.92 Å². The summed E-state index contributed by atoms with van der Waals surface area (Å²) >= 11 is 0. The molecular formula is C10H22N2O3S. The Bertz CT molecular complexity index is 284. The molecule has 0 atom stereocenters. The number of sulfonamides is 1. The van der Waals surface area contributed by atoms with E-state index in [4.69, 9.17) is 10.5 Å². The van der Waals surface area contributed by atoms with Gasteiger partial charge in [0.2, 0.25) is 10.0 Å². The Morgan fingerprint density at radius 3 is 2.50 bits per heavy atom. The number of nitrogens with two attached hydrogens (primary N) is 1. The molecule has 1 aliphatic rings. The van der Waals surface area contributed by atoms with Crippen LogP contribution in [0.2, 0.25) is 0 Å². The van der Waals surface area contributed by atoms with Crippen molar-refractivity contribution in [3.8, 4) is 0 Å². The summed E-state index contributed by atoms with van der Waals surface area (Å²) in [4.78, 5) is 0. The van der Waals surface area contributed by atoms with Crippen molar-refractivity contribution in [2.45, 2.75) is 32.3 Å². The molecule has 0 spiro atoms. The third kappa shape index (κ3) is 4.01. The highest BCUT2D eigenvalue weighted by atomic mass is 32.2. The zero-order valence-corrected chi connectivity index (χ0v) is 10.7. The van der Waals surface area contributed by atoms with Crippen LogP contribution in [0.4, 0.5) is 0 Å². The van der Waals surface area contributed by atoms with Crippen LogP contribution in [-0.4, -0.2) is 50.8 Å². The first-order valence-corrected chi connectivity index (χ1v) is 7.50. The van der Waals surface area contributed by atoms with Gasteiger partial charge in [-0.2, -0.15) is 0 Å². The second-order valence-electron chi connectivity index (χ2n) is 4.01. The summed E-state index contributed by atoms with van der Waals surface area (Å²) in [7, 11) is -3.09. The molecule has 1 fully saturated rings. The highest BCUT2D eigenvalue weighted by molar-refractivity contribution is 7.89. The molecule has 0 aromatic heterocycles. The van der Waals surface area contributed by atoms with Gasteiger partial charge in [0.1, 0.15) is 0 Å². The van der Waals surface area contributed by atoms with Gasteiger partial charge in [-0.25, -0.2) is 12.7 Å². The average molecular weight is 250 g/mol. The molecule has 0 aromatic carbocycles. The first-order chi connectivity index (χ1) is 7.60. The molecule has 5 nitrogen and oxygen atoms in total. The van der Waals surface area contributed by atoms with E-state index < -0.39 is 10.0 Å². The van der Waals surface area contributed by atoms with Gasteiger partial charge in [-0.1, -0.05) is 0 Å². The van der Waals surface area contributed by atoms with Crippen molar-refractivity contribution >= 4 is 10.0 Å². The molecule has 0 radical (unpaired) electrons. The first-order valence-electron chi connectivity index (χ1n) is 5.89. The molecule has 0 aliphatic carbocycles. The molecule has 6 heteroatoms. The quantitative estimate of drug-likeness (QED) is 0.729. The number of hydrogen-bond acceptors (Lipinski definition) is 4. The van der Waals surface area contributed by atoms with Crippen molar-refractivity contribution in [1.82, 2.24) is 4.31 Å². The number of rotatable bonds is 6. The third-order valence-electron chi connectivity index (χ3n) is 2.80. The summed E-state index contributed by atoms with van der Waals surface area (Å²) in [5.41, 5.74) is 5.32. The van der Waals surface area contributed by atoms with Gasteiger partial charge in [0.05, 0.1) is 11.9 Å². The Labute approximate surface area is 98.0 Å². The fraction of sp³-hybridized carbons (Fsp3) is 1.00. The Morgan fingerprint density at radius 1 is 1.38 bits per heavy atom. The fourth-order valence-electron chi connectivity index (χ4n) is 1.91. The van der Waals surface area contributed by atoms with E-state index >= 15 is 0 Å². The summed E-state index contributed by atoms with van der Waals surface area (Å²) in [5, 5.41) is 0. The highest BCUT2D eigenvalue weighted by Crippen LogP contribution is 2.17. The zero-order valence-electron chi connectivity index (χ0n) is 9.89. The molecule has 0 unspecified atom stereocenters. The van der Waals surface area contributed by atoms with Crippen LogP contribution in [0.15, 0.2) is 0 Å². The zero-order chi connectivity index (χ0) is 12.0. The predicted octanol–water partition coefficient (Wildman–Crippen LogP) is 0.166. The SMILES string of the molecule is CCOC1CCN(S(=O)(=O)CCCN)CC1. The van der Waals surface area contributed by atoms with E-state index in [0.29, 0.717) is 32.7 Å². The van der Waals surface area contributed by atoms with Crippen molar-refractivity contribution in [3.63, 3.8) is 0 Å². The lowest BCUT2D eigenvalue weighted by Crippen LogP contribution is -2.42. The van der Waals surface area contributed by atoms with E-state index in [2.05, 4.69) is 0 Å². The van der Waals surface area contributed by atoms with Crippen molar-refractivity contribution < 1.29 is 13.2 Å². The van der Waals surface area contributed by atoms with E-state index in [0.717, 1.165) is 12.8 Å². The first kappa shape index (κ1) is 13.9. The van der Waals surface area contributed by atoms with Crippen molar-refractivity contribution in [3.05, 3.63) is 0 Å². The van der Waals surface area contributed by atoms with Crippen LogP contribution in [0.5, 0.6) is 0 Å². The predicted molar refractivity (Wildman–Crippen MR) is 63.7 cm³/mol. The summed E-state index contributed by atoms with van der Waals surface area (Å²) in [6, 6.07) is 0. The van der Waals surface area contributed by atoms with Gasteiger partial charge in [-0.05, 0) is 32.7 Å². The smallest absolute Gasteiger partial charge is 0.214 e. The molecule has 2 N–H and O–H groups in total. The Hall–Kier alpha value is -0.170. The topological polar surface area (TPSA) is 72.6 Å². The Kier molecular flexibility index (Phi) is 5.68. The minimum Gasteiger partial charge on any atom is -0.378 e. The lowest BCUT2D eigenvalue weighted by Gasteiger charge is -2.30. The van der Waals surface area contributed by atoms with E-state index in [9.17, 15) is 8.42 Å². The maximum atomic E-state index is 11.8. The molecule has 1 saturated heterocycles. The fourth-order valence-corrected chi connectivity index (χ4v) is 3.46. The summed E-state index contributed by atoms with van der Waals surface area (Å²) in [6.07, 6.45) is 2.37. The molecule has 0 saturated carbocycles. The number of ether oxygens (including phenoxy) is 1. The molecule has 1 rings (SSSR count). The van der Waals surface area contributed by atoms with Crippen LogP contribution in [0, 0.1) is 0 Å². The van der Waals surface area contributed by atoms with Gasteiger partial charge < -0.3 is 10.5 Å². The molecular weight excluding hydrogens is 228 g/mol. The largest absolute Gasteiger partial charge is 0.378 e. The second kappa shape index (κ2) is 6.54. The lowest BCUT2D eigenvalue weighted by atomic mass is 10.1. The summed E-state index contributed by atoms with van der Waals surface area (Å²) in [6.45, 7) is 4.25. The number of hydrogen-bond donors (Lipinski definition) is 1. The van der Waals surface area contributed by atoms with Gasteiger partial charge >= 0.3 is 0 Å². The van der Waals surface area contributed by atoms with Crippen molar-refractivity contribution in [1.29, 1.82) is 0 Å². The van der Waals surface area contributed by atoms with E-state index in [1.165, 1.54) is 0 Å². The maximum absolute atomic E-state index is 11.8. The molecule has 0 bridgehead atoms. The molecule has 96 valence electrons. The number of nitrogens with zero attached hydrogens (tertiary/aromatic N) is 1. The van der Waals surface area contributed by atoms with Crippen LogP contribution in [-0.2, 0) is 14.8 Å². The van der Waals surface area contributed by atoms with E-state index in [1.54, 1.807) is 4.31 Å². The molecule has 0 aromatic rings. The van der Waals surface area contributed by atoms with Crippen LogP contribution in [0.3, 0.4) is 0 Å². The van der Waals surface area contributed by atoms with Gasteiger partial charge in [0.15, 0.2) is 0 Å². The minimum absolute atomic E-state index is 0.169. The van der Waals surface area contributed by atoms with Gasteiger partial charge in [0, 0.05) is 19.7 Å². The molecule has 0 amide bonds. The Balaban J connectivity index is 2.40. The minimum atomic E-state index is -3.09. The highest BCUT2D eigenvalue weighted by Gasteiger charge is 2.27. The van der Waals surface area contributed by atoms with Gasteiger partial charge in [-0.15, -0.1) is 0 Å². The van der Waals surface area contributed by atoms with Crippen molar-refractivity contribution in [2.24, 2.45) is 5.73 Å². The van der Waals surface area contributed by atoms with Crippen LogP contribution in [0.25, 0.3) is 0 Å². The summed E-state index contributed by atoms with van der Waals surface area (Å²) < 4.78 is 30.7. The normalized spacial score (nSPS) is 20.1. The lowest BCUT2D eigenvalue weighted by molar-refractivity contribution is 0.0290. The van der Waals surface area contributed by atoms with Gasteiger partial charge in [-0.3, -0.25) is 0 Å². The monoisotopic (exact) mass is 250 g/mol.